The van der Waals surface area contributed by atoms with E-state index >= 15 is 0 Å². The van der Waals surface area contributed by atoms with Crippen molar-refractivity contribution in [2.75, 3.05) is 13.1 Å². The fraction of sp³-hybridized carbons (Fsp3) is 0.667. The zero-order chi connectivity index (χ0) is 13.8. The van der Waals surface area contributed by atoms with Crippen LogP contribution in [0.2, 0.25) is 0 Å². The topological polar surface area (TPSA) is 88.3 Å². The Hall–Kier alpha value is -1.92. The van der Waals surface area contributed by atoms with Crippen LogP contribution < -0.4 is 0 Å². The van der Waals surface area contributed by atoms with Gasteiger partial charge in [-0.3, -0.25) is 4.79 Å². The van der Waals surface area contributed by atoms with Gasteiger partial charge in [-0.25, -0.2) is 9.48 Å². The van der Waals surface area contributed by atoms with Gasteiger partial charge in [0, 0.05) is 13.1 Å². The smallest absolute Gasteiger partial charge is 0.358 e. The number of carboxylic acids is 1. The summed E-state index contributed by atoms with van der Waals surface area (Å²) in [5.41, 5.74) is -0.141. The molecule has 1 aromatic rings. The number of nitrogens with zero attached hydrogens (tertiary/aromatic N) is 4. The van der Waals surface area contributed by atoms with Crippen molar-refractivity contribution in [1.29, 1.82) is 0 Å². The summed E-state index contributed by atoms with van der Waals surface area (Å²) in [5.74, 6) is -0.592. The number of hydrogen-bond acceptors (Lipinski definition) is 4. The standard InChI is InChI=1S/C12H18N4O3/c1-2-9-4-3-5-15(6-9)11(17)8-16-7-10(12(18)19)13-14-16/h7,9H,2-6,8H2,1H3,(H,18,19). The highest BCUT2D eigenvalue weighted by Crippen LogP contribution is 2.19. The quantitative estimate of drug-likeness (QED) is 0.863. The number of amides is 1. The first-order valence-electron chi connectivity index (χ1n) is 6.51. The minimum atomic E-state index is -1.14. The van der Waals surface area contributed by atoms with Crippen molar-refractivity contribution in [2.24, 2.45) is 5.92 Å². The second kappa shape index (κ2) is 5.81. The van der Waals surface area contributed by atoms with E-state index in [9.17, 15) is 9.59 Å². The molecule has 1 fully saturated rings. The van der Waals surface area contributed by atoms with Gasteiger partial charge in [0.05, 0.1) is 6.20 Å². The van der Waals surface area contributed by atoms with Crippen molar-refractivity contribution in [1.82, 2.24) is 19.9 Å². The highest BCUT2D eigenvalue weighted by atomic mass is 16.4. The second-order valence-electron chi connectivity index (χ2n) is 4.86. The van der Waals surface area contributed by atoms with Crippen LogP contribution in [0.25, 0.3) is 0 Å². The zero-order valence-corrected chi connectivity index (χ0v) is 10.9. The number of aromatic carboxylic acids is 1. The number of rotatable bonds is 4. The maximum absolute atomic E-state index is 12.1. The average molecular weight is 266 g/mol. The lowest BCUT2D eigenvalue weighted by molar-refractivity contribution is -0.133. The van der Waals surface area contributed by atoms with E-state index in [2.05, 4.69) is 17.2 Å². The molecule has 1 aromatic heterocycles. The van der Waals surface area contributed by atoms with Crippen LogP contribution >= 0.6 is 0 Å². The molecule has 1 atom stereocenters. The van der Waals surface area contributed by atoms with E-state index in [4.69, 9.17) is 5.11 Å². The van der Waals surface area contributed by atoms with Gasteiger partial charge in [-0.1, -0.05) is 18.6 Å². The van der Waals surface area contributed by atoms with E-state index in [0.29, 0.717) is 5.92 Å². The molecular weight excluding hydrogens is 248 g/mol. The number of carbonyl (C=O) groups is 2. The Kier molecular flexibility index (Phi) is 4.13. The van der Waals surface area contributed by atoms with Crippen LogP contribution in [-0.4, -0.2) is 50.0 Å². The molecule has 1 unspecified atom stereocenters. The van der Waals surface area contributed by atoms with E-state index in [0.717, 1.165) is 25.9 Å². The summed E-state index contributed by atoms with van der Waals surface area (Å²) in [6, 6.07) is 0. The molecule has 1 amide bonds. The summed E-state index contributed by atoms with van der Waals surface area (Å²) in [6.45, 7) is 3.75. The van der Waals surface area contributed by atoms with Crippen molar-refractivity contribution < 1.29 is 14.7 Å². The molecule has 2 heterocycles. The third-order valence-electron chi connectivity index (χ3n) is 3.50. The molecular formula is C12H18N4O3. The maximum atomic E-state index is 12.1. The lowest BCUT2D eigenvalue weighted by Crippen LogP contribution is -2.41. The van der Waals surface area contributed by atoms with Crippen LogP contribution in [-0.2, 0) is 11.3 Å². The Morgan fingerprint density at radius 2 is 2.32 bits per heavy atom. The summed E-state index contributed by atoms with van der Waals surface area (Å²) < 4.78 is 1.28. The fourth-order valence-corrected chi connectivity index (χ4v) is 2.34. The Morgan fingerprint density at radius 3 is 2.95 bits per heavy atom. The summed E-state index contributed by atoms with van der Waals surface area (Å²) >= 11 is 0. The lowest BCUT2D eigenvalue weighted by Gasteiger charge is -2.32. The predicted octanol–water partition coefficient (Wildman–Crippen LogP) is 0.625. The van der Waals surface area contributed by atoms with Crippen molar-refractivity contribution in [3.05, 3.63) is 11.9 Å². The number of piperidine rings is 1. The van der Waals surface area contributed by atoms with Gasteiger partial charge in [0.25, 0.3) is 0 Å². The molecule has 104 valence electrons. The van der Waals surface area contributed by atoms with Crippen molar-refractivity contribution in [3.8, 4) is 0 Å². The van der Waals surface area contributed by atoms with Crippen LogP contribution in [0, 0.1) is 5.92 Å². The zero-order valence-electron chi connectivity index (χ0n) is 10.9. The molecule has 0 aliphatic carbocycles. The number of carboxylic acid groups (broad SMARTS) is 1. The van der Waals surface area contributed by atoms with E-state index in [-0.39, 0.29) is 18.1 Å². The molecule has 1 aliphatic rings. The molecule has 0 bridgehead atoms. The first-order chi connectivity index (χ1) is 9.10. The number of hydrogen-bond donors (Lipinski definition) is 1. The van der Waals surface area contributed by atoms with Crippen molar-refractivity contribution >= 4 is 11.9 Å². The average Bonchev–Trinajstić information content (AvgIpc) is 2.87. The van der Waals surface area contributed by atoms with Gasteiger partial charge >= 0.3 is 5.97 Å². The largest absolute Gasteiger partial charge is 0.476 e. The predicted molar refractivity (Wildman–Crippen MR) is 66.6 cm³/mol. The Bertz CT molecular complexity index is 471. The molecule has 0 aromatic carbocycles. The minimum absolute atomic E-state index is 0.0278. The molecule has 7 nitrogen and oxygen atoms in total. The van der Waals surface area contributed by atoms with Gasteiger partial charge in [0.2, 0.25) is 5.91 Å². The van der Waals surface area contributed by atoms with E-state index in [1.807, 2.05) is 4.90 Å². The van der Waals surface area contributed by atoms with Crippen LogP contribution in [0.15, 0.2) is 6.20 Å². The Labute approximate surface area is 111 Å². The molecule has 0 spiro atoms. The monoisotopic (exact) mass is 266 g/mol. The van der Waals surface area contributed by atoms with Gasteiger partial charge in [-0.15, -0.1) is 5.10 Å². The van der Waals surface area contributed by atoms with E-state index in [1.165, 1.54) is 17.3 Å². The van der Waals surface area contributed by atoms with Crippen molar-refractivity contribution in [3.63, 3.8) is 0 Å². The first-order valence-corrected chi connectivity index (χ1v) is 6.51. The van der Waals surface area contributed by atoms with Gasteiger partial charge in [0.15, 0.2) is 5.69 Å². The highest BCUT2D eigenvalue weighted by Gasteiger charge is 2.23. The highest BCUT2D eigenvalue weighted by molar-refractivity contribution is 5.84. The van der Waals surface area contributed by atoms with Gasteiger partial charge < -0.3 is 10.0 Å². The van der Waals surface area contributed by atoms with Gasteiger partial charge in [-0.2, -0.15) is 0 Å². The minimum Gasteiger partial charge on any atom is -0.476 e. The van der Waals surface area contributed by atoms with E-state index < -0.39 is 5.97 Å². The lowest BCUT2D eigenvalue weighted by atomic mass is 9.96. The normalized spacial score (nSPS) is 19.4. The number of aromatic nitrogens is 3. The molecule has 19 heavy (non-hydrogen) atoms. The molecule has 0 radical (unpaired) electrons. The Balaban J connectivity index is 1.94. The van der Waals surface area contributed by atoms with E-state index in [1.54, 1.807) is 0 Å². The summed E-state index contributed by atoms with van der Waals surface area (Å²) in [5, 5.41) is 15.9. The third-order valence-corrected chi connectivity index (χ3v) is 3.50. The summed E-state index contributed by atoms with van der Waals surface area (Å²) in [4.78, 5) is 24.6. The second-order valence-corrected chi connectivity index (χ2v) is 4.86. The fourth-order valence-electron chi connectivity index (χ4n) is 2.34. The molecule has 1 aliphatic heterocycles. The van der Waals surface area contributed by atoms with Crippen LogP contribution in [0.5, 0.6) is 0 Å². The SMILES string of the molecule is CCC1CCCN(C(=O)Cn2cc(C(=O)O)nn2)C1. The molecule has 0 saturated carbocycles. The van der Waals surface area contributed by atoms with Crippen LogP contribution in [0.3, 0.4) is 0 Å². The number of carbonyl (C=O) groups excluding carboxylic acids is 1. The molecule has 1 saturated heterocycles. The Morgan fingerprint density at radius 1 is 1.53 bits per heavy atom. The molecule has 1 N–H and O–H groups in total. The van der Waals surface area contributed by atoms with Gasteiger partial charge in [0.1, 0.15) is 6.54 Å². The van der Waals surface area contributed by atoms with Crippen LogP contribution in [0.1, 0.15) is 36.7 Å². The van der Waals surface area contributed by atoms with Crippen molar-refractivity contribution in [2.45, 2.75) is 32.7 Å². The summed E-state index contributed by atoms with van der Waals surface area (Å²) in [6.07, 6.45) is 4.56. The van der Waals surface area contributed by atoms with Gasteiger partial charge in [-0.05, 0) is 18.8 Å². The summed E-state index contributed by atoms with van der Waals surface area (Å²) in [7, 11) is 0. The third kappa shape index (κ3) is 3.30. The molecule has 7 heteroatoms. The number of likely N-dealkylation sites (tertiary alicyclic amines) is 1. The molecule has 2 rings (SSSR count). The maximum Gasteiger partial charge on any atom is 0.358 e. The first kappa shape index (κ1) is 13.5. The van der Waals surface area contributed by atoms with Crippen LogP contribution in [0.4, 0.5) is 0 Å².